The maximum atomic E-state index is 14.4. The molecule has 282 valence electrons. The van der Waals surface area contributed by atoms with Crippen molar-refractivity contribution in [2.24, 2.45) is 0 Å². The Morgan fingerprint density at radius 2 is 1.45 bits per heavy atom. The molecule has 1 aromatic heterocycles. The van der Waals surface area contributed by atoms with E-state index in [1.54, 1.807) is 54.6 Å². The highest BCUT2D eigenvalue weighted by atomic mass is 35.5. The Kier molecular flexibility index (Phi) is 13.0. The zero-order valence-corrected chi connectivity index (χ0v) is 32.4. The smallest absolute Gasteiger partial charge is 0.418 e. The van der Waals surface area contributed by atoms with E-state index in [1.165, 1.54) is 62.7 Å². The predicted molar refractivity (Wildman–Crippen MR) is 206 cm³/mol. The SMILES string of the molecule is CCCCCCCCCCCCS(=O)(=O)c1cc(Cl)c(NC(=O)C(c2nc(=O)c3ccccc3n2-c2ccccc2)N2C(=O)OC(C)(C)C2=O)cc1Cl. The summed E-state index contributed by atoms with van der Waals surface area (Å²) < 4.78 is 33.5. The second-order valence-electron chi connectivity index (χ2n) is 13.7. The number of amides is 3. The van der Waals surface area contributed by atoms with Gasteiger partial charge in [0.1, 0.15) is 0 Å². The Labute approximate surface area is 319 Å². The molecule has 53 heavy (non-hydrogen) atoms. The molecule has 1 atom stereocenters. The number of ether oxygens (including phenoxy) is 1. The summed E-state index contributed by atoms with van der Waals surface area (Å²) >= 11 is 13.1. The highest BCUT2D eigenvalue weighted by molar-refractivity contribution is 7.91. The number of imide groups is 1. The molecule has 4 aromatic rings. The van der Waals surface area contributed by atoms with Crippen LogP contribution in [0.15, 0.2) is 76.4 Å². The number of carbonyl (C=O) groups excluding carboxylic acids is 3. The highest BCUT2D eigenvalue weighted by Crippen LogP contribution is 2.37. The Hall–Kier alpha value is -4.26. The summed E-state index contributed by atoms with van der Waals surface area (Å²) in [5.41, 5.74) is -1.56. The molecule has 0 aliphatic carbocycles. The van der Waals surface area contributed by atoms with Gasteiger partial charge in [-0.1, -0.05) is 118 Å². The summed E-state index contributed by atoms with van der Waals surface area (Å²) in [6.07, 6.45) is 9.39. The van der Waals surface area contributed by atoms with E-state index in [-0.39, 0.29) is 37.6 Å². The minimum absolute atomic E-state index is 0.0850. The van der Waals surface area contributed by atoms with Crippen molar-refractivity contribution in [1.29, 1.82) is 0 Å². The fourth-order valence-electron chi connectivity index (χ4n) is 6.43. The van der Waals surface area contributed by atoms with Crippen LogP contribution in [0.3, 0.4) is 0 Å². The van der Waals surface area contributed by atoms with Crippen LogP contribution >= 0.6 is 23.2 Å². The molecule has 1 aliphatic heterocycles. The Morgan fingerprint density at radius 3 is 2.08 bits per heavy atom. The van der Waals surface area contributed by atoms with Gasteiger partial charge in [0.2, 0.25) is 0 Å². The molecule has 11 nitrogen and oxygen atoms in total. The molecule has 14 heteroatoms. The third-order valence-electron chi connectivity index (χ3n) is 9.24. The van der Waals surface area contributed by atoms with Crippen LogP contribution in [0.5, 0.6) is 0 Å². The number of anilines is 1. The van der Waals surface area contributed by atoms with E-state index >= 15 is 0 Å². The standard InChI is InChI=1S/C39H44Cl2N4O7S/c1-4-5-6-7-8-9-10-11-12-18-23-53(50,51)32-25-28(40)30(24-29(32)41)42-36(47)33(45-37(48)39(2,3)52-38(45)49)34-43-35(46)27-21-16-17-22-31(27)44(34)26-19-14-13-15-20-26/h13-17,19-22,24-25,33H,4-12,18,23H2,1-3H3,(H,42,47). The molecule has 0 bridgehead atoms. The molecular weight excluding hydrogens is 739 g/mol. The summed E-state index contributed by atoms with van der Waals surface area (Å²) in [6, 6.07) is 15.8. The molecule has 1 saturated heterocycles. The van der Waals surface area contributed by atoms with Gasteiger partial charge >= 0.3 is 6.09 Å². The van der Waals surface area contributed by atoms with Crippen LogP contribution in [-0.2, 0) is 24.2 Å². The normalized spacial score (nSPS) is 14.8. The van der Waals surface area contributed by atoms with Crippen LogP contribution in [0, 0.1) is 0 Å². The molecule has 1 aliphatic rings. The minimum atomic E-state index is -3.82. The number of hydrogen-bond acceptors (Lipinski definition) is 8. The lowest BCUT2D eigenvalue weighted by atomic mass is 10.1. The fraction of sp³-hybridized carbons (Fsp3) is 0.410. The van der Waals surface area contributed by atoms with Gasteiger partial charge in [0, 0.05) is 5.69 Å². The van der Waals surface area contributed by atoms with Gasteiger partial charge in [0.15, 0.2) is 27.3 Å². The van der Waals surface area contributed by atoms with Crippen molar-refractivity contribution >= 4 is 67.5 Å². The second-order valence-corrected chi connectivity index (χ2v) is 16.6. The van der Waals surface area contributed by atoms with Gasteiger partial charge in [0.05, 0.1) is 37.3 Å². The largest absolute Gasteiger partial charge is 0.433 e. The van der Waals surface area contributed by atoms with Crippen molar-refractivity contribution in [1.82, 2.24) is 14.5 Å². The first kappa shape index (κ1) is 39.9. The number of nitrogens with one attached hydrogen (secondary N) is 1. The monoisotopic (exact) mass is 782 g/mol. The maximum absolute atomic E-state index is 14.4. The Bertz CT molecular complexity index is 2160. The predicted octanol–water partition coefficient (Wildman–Crippen LogP) is 8.82. The fourth-order valence-corrected chi connectivity index (χ4v) is 8.68. The maximum Gasteiger partial charge on any atom is 0.418 e. The van der Waals surface area contributed by atoms with Crippen LogP contribution in [0.25, 0.3) is 16.6 Å². The number of fused-ring (bicyclic) bond motifs is 1. The first-order valence-corrected chi connectivity index (χ1v) is 20.3. The molecule has 0 radical (unpaired) electrons. The van der Waals surface area contributed by atoms with E-state index < -0.39 is 44.9 Å². The van der Waals surface area contributed by atoms with Crippen LogP contribution < -0.4 is 10.9 Å². The molecule has 3 aromatic carbocycles. The van der Waals surface area contributed by atoms with Gasteiger partial charge in [-0.15, -0.1) is 0 Å². The summed E-state index contributed by atoms with van der Waals surface area (Å²) in [7, 11) is -3.82. The van der Waals surface area contributed by atoms with Gasteiger partial charge in [-0.05, 0) is 56.7 Å². The van der Waals surface area contributed by atoms with Crippen molar-refractivity contribution in [3.63, 3.8) is 0 Å². The first-order chi connectivity index (χ1) is 25.3. The first-order valence-electron chi connectivity index (χ1n) is 17.9. The lowest BCUT2D eigenvalue weighted by molar-refractivity contribution is -0.139. The topological polar surface area (TPSA) is 145 Å². The summed E-state index contributed by atoms with van der Waals surface area (Å²) in [5, 5.41) is 2.52. The van der Waals surface area contributed by atoms with E-state index in [0.717, 1.165) is 25.7 Å². The average molecular weight is 784 g/mol. The van der Waals surface area contributed by atoms with Gasteiger partial charge < -0.3 is 10.1 Å². The van der Waals surface area contributed by atoms with E-state index in [2.05, 4.69) is 17.2 Å². The third kappa shape index (κ3) is 9.10. The Balaban J connectivity index is 1.44. The molecular formula is C39H44Cl2N4O7S. The number of sulfone groups is 1. The third-order valence-corrected chi connectivity index (χ3v) is 11.8. The summed E-state index contributed by atoms with van der Waals surface area (Å²) in [6.45, 7) is 4.95. The van der Waals surface area contributed by atoms with Crippen molar-refractivity contribution in [3.8, 4) is 5.69 Å². The summed E-state index contributed by atoms with van der Waals surface area (Å²) in [4.78, 5) is 59.5. The number of nitrogens with zero attached hydrogens (tertiary/aromatic N) is 3. The number of unbranched alkanes of at least 4 members (excludes halogenated alkanes) is 9. The van der Waals surface area contributed by atoms with Gasteiger partial charge in [-0.2, -0.15) is 4.98 Å². The number of halogens is 2. The molecule has 2 heterocycles. The van der Waals surface area contributed by atoms with Crippen molar-refractivity contribution < 1.29 is 27.5 Å². The van der Waals surface area contributed by atoms with Crippen molar-refractivity contribution in [2.45, 2.75) is 102 Å². The molecule has 3 amide bonds. The molecule has 0 saturated carbocycles. The van der Waals surface area contributed by atoms with Crippen LogP contribution in [0.2, 0.25) is 10.0 Å². The number of carbonyl (C=O) groups is 3. The second kappa shape index (κ2) is 17.3. The number of aromatic nitrogens is 2. The zero-order chi connectivity index (χ0) is 38.3. The molecule has 5 rings (SSSR count). The van der Waals surface area contributed by atoms with Gasteiger partial charge in [-0.3, -0.25) is 19.0 Å². The number of hydrogen-bond donors (Lipinski definition) is 1. The number of cyclic esters (lactones) is 1. The minimum Gasteiger partial charge on any atom is -0.433 e. The van der Waals surface area contributed by atoms with Gasteiger partial charge in [-0.25, -0.2) is 18.1 Å². The Morgan fingerprint density at radius 1 is 0.849 bits per heavy atom. The van der Waals surface area contributed by atoms with Crippen LogP contribution in [0.1, 0.15) is 96.8 Å². The number of rotatable bonds is 17. The van der Waals surface area contributed by atoms with Crippen molar-refractivity contribution in [3.05, 3.63) is 93.0 Å². The van der Waals surface area contributed by atoms with E-state index in [9.17, 15) is 27.6 Å². The molecule has 1 fully saturated rings. The van der Waals surface area contributed by atoms with E-state index in [0.29, 0.717) is 22.5 Å². The molecule has 1 N–H and O–H groups in total. The lowest BCUT2D eigenvalue weighted by Gasteiger charge is -2.27. The summed E-state index contributed by atoms with van der Waals surface area (Å²) in [5.74, 6) is -2.20. The quantitative estimate of drug-likeness (QED) is 0.105. The lowest BCUT2D eigenvalue weighted by Crippen LogP contribution is -2.45. The molecule has 0 spiro atoms. The van der Waals surface area contributed by atoms with Crippen LogP contribution in [-0.4, -0.2) is 52.1 Å². The average Bonchev–Trinajstić information content (AvgIpc) is 3.32. The number of benzene rings is 3. The van der Waals surface area contributed by atoms with E-state index in [1.807, 2.05) is 0 Å². The van der Waals surface area contributed by atoms with Crippen molar-refractivity contribution in [2.75, 3.05) is 11.1 Å². The molecule has 1 unspecified atom stereocenters. The van der Waals surface area contributed by atoms with Gasteiger partial charge in [0.25, 0.3) is 17.4 Å². The van der Waals surface area contributed by atoms with E-state index in [4.69, 9.17) is 27.9 Å². The highest BCUT2D eigenvalue weighted by Gasteiger charge is 2.53. The number of para-hydroxylation sites is 2. The zero-order valence-electron chi connectivity index (χ0n) is 30.1. The van der Waals surface area contributed by atoms with Crippen LogP contribution in [0.4, 0.5) is 10.5 Å².